The van der Waals surface area contributed by atoms with Crippen LogP contribution in [0.5, 0.6) is 0 Å². The van der Waals surface area contributed by atoms with Crippen LogP contribution in [-0.2, 0) is 11.4 Å². The number of nitrogens with zero attached hydrogens (tertiary/aromatic N) is 3. The zero-order chi connectivity index (χ0) is 17.5. The van der Waals surface area contributed by atoms with Crippen molar-refractivity contribution < 1.29 is 9.63 Å². The van der Waals surface area contributed by atoms with Crippen molar-refractivity contribution in [3.05, 3.63) is 89.5 Å². The van der Waals surface area contributed by atoms with Crippen LogP contribution in [0.3, 0.4) is 0 Å². The SMILES string of the molecule is O=C(O/N=C(\CCn1ccnc1)c1ccccc1)c1ccccc1Cl. The fourth-order valence-corrected chi connectivity index (χ4v) is 2.51. The first kappa shape index (κ1) is 16.9. The van der Waals surface area contributed by atoms with E-state index in [2.05, 4.69) is 10.1 Å². The van der Waals surface area contributed by atoms with Gasteiger partial charge in [0, 0.05) is 25.4 Å². The van der Waals surface area contributed by atoms with Crippen LogP contribution >= 0.6 is 11.6 Å². The molecule has 5 nitrogen and oxygen atoms in total. The van der Waals surface area contributed by atoms with Crippen molar-refractivity contribution in [2.45, 2.75) is 13.0 Å². The molecule has 3 rings (SSSR count). The Morgan fingerprint density at radius 1 is 1.12 bits per heavy atom. The molecule has 25 heavy (non-hydrogen) atoms. The molecule has 0 fully saturated rings. The molecule has 0 aliphatic rings. The zero-order valence-electron chi connectivity index (χ0n) is 13.4. The van der Waals surface area contributed by atoms with Crippen molar-refractivity contribution in [2.24, 2.45) is 5.16 Å². The van der Waals surface area contributed by atoms with Gasteiger partial charge in [0.05, 0.1) is 22.6 Å². The average Bonchev–Trinajstić information content (AvgIpc) is 3.16. The van der Waals surface area contributed by atoms with Crippen LogP contribution in [0.2, 0.25) is 5.02 Å². The Kier molecular flexibility index (Phi) is 5.59. The predicted octanol–water partition coefficient (Wildman–Crippen LogP) is 4.19. The lowest BCUT2D eigenvalue weighted by Crippen LogP contribution is -2.09. The van der Waals surface area contributed by atoms with Crippen LogP contribution in [0.1, 0.15) is 22.3 Å². The maximum absolute atomic E-state index is 12.2. The van der Waals surface area contributed by atoms with Gasteiger partial charge in [-0.15, -0.1) is 0 Å². The van der Waals surface area contributed by atoms with Gasteiger partial charge in [-0.2, -0.15) is 0 Å². The first-order chi connectivity index (χ1) is 12.2. The summed E-state index contributed by atoms with van der Waals surface area (Å²) in [6.45, 7) is 0.678. The molecule has 2 aromatic carbocycles. The Balaban J connectivity index is 1.77. The summed E-state index contributed by atoms with van der Waals surface area (Å²) in [6.07, 6.45) is 5.92. The average molecular weight is 354 g/mol. The number of halogens is 1. The van der Waals surface area contributed by atoms with Crippen molar-refractivity contribution in [1.29, 1.82) is 0 Å². The summed E-state index contributed by atoms with van der Waals surface area (Å²) in [6, 6.07) is 16.3. The lowest BCUT2D eigenvalue weighted by molar-refractivity contribution is 0.0516. The number of rotatable bonds is 6. The van der Waals surface area contributed by atoms with Gasteiger partial charge in [-0.05, 0) is 17.7 Å². The topological polar surface area (TPSA) is 56.5 Å². The van der Waals surface area contributed by atoms with Crippen LogP contribution < -0.4 is 0 Å². The third kappa shape index (κ3) is 4.55. The molecule has 0 amide bonds. The van der Waals surface area contributed by atoms with Crippen molar-refractivity contribution in [3.8, 4) is 0 Å². The van der Waals surface area contributed by atoms with Gasteiger partial charge in [0.2, 0.25) is 0 Å². The minimum atomic E-state index is -0.582. The Labute approximate surface area is 150 Å². The molecule has 1 heterocycles. The van der Waals surface area contributed by atoms with E-state index in [1.807, 2.05) is 41.1 Å². The van der Waals surface area contributed by atoms with Gasteiger partial charge in [-0.1, -0.05) is 59.2 Å². The summed E-state index contributed by atoms with van der Waals surface area (Å²) in [5, 5.41) is 4.42. The van der Waals surface area contributed by atoms with E-state index in [9.17, 15) is 4.79 Å². The molecule has 0 unspecified atom stereocenters. The largest absolute Gasteiger partial charge is 0.367 e. The van der Waals surface area contributed by atoms with Gasteiger partial charge in [0.15, 0.2) is 0 Å². The molecule has 0 saturated heterocycles. The summed E-state index contributed by atoms with van der Waals surface area (Å²) < 4.78 is 1.94. The van der Waals surface area contributed by atoms with Gasteiger partial charge in [0.1, 0.15) is 0 Å². The van der Waals surface area contributed by atoms with E-state index in [0.717, 1.165) is 5.56 Å². The monoisotopic (exact) mass is 353 g/mol. The first-order valence-electron chi connectivity index (χ1n) is 7.78. The van der Waals surface area contributed by atoms with Crippen LogP contribution in [0, 0.1) is 0 Å². The Morgan fingerprint density at radius 3 is 2.60 bits per heavy atom. The van der Waals surface area contributed by atoms with E-state index in [1.165, 1.54) is 0 Å². The number of carbonyl (C=O) groups is 1. The van der Waals surface area contributed by atoms with Crippen LogP contribution in [0.15, 0.2) is 78.5 Å². The molecule has 1 aromatic heterocycles. The summed E-state index contributed by atoms with van der Waals surface area (Å²) in [4.78, 5) is 21.4. The highest BCUT2D eigenvalue weighted by Crippen LogP contribution is 2.16. The van der Waals surface area contributed by atoms with Crippen molar-refractivity contribution in [2.75, 3.05) is 0 Å². The number of hydrogen-bond donors (Lipinski definition) is 0. The summed E-state index contributed by atoms with van der Waals surface area (Å²) in [7, 11) is 0. The number of aromatic nitrogens is 2. The number of hydrogen-bond acceptors (Lipinski definition) is 4. The highest BCUT2D eigenvalue weighted by atomic mass is 35.5. The van der Waals surface area contributed by atoms with Crippen LogP contribution in [-0.4, -0.2) is 21.2 Å². The molecular formula is C19H16ClN3O2. The number of oxime groups is 1. The molecule has 126 valence electrons. The lowest BCUT2D eigenvalue weighted by Gasteiger charge is -2.07. The van der Waals surface area contributed by atoms with E-state index in [4.69, 9.17) is 16.4 Å². The first-order valence-corrected chi connectivity index (χ1v) is 8.16. The Bertz CT molecular complexity index is 861. The van der Waals surface area contributed by atoms with Crippen molar-refractivity contribution in [1.82, 2.24) is 9.55 Å². The van der Waals surface area contributed by atoms with E-state index in [-0.39, 0.29) is 5.56 Å². The molecule has 0 bridgehead atoms. The van der Waals surface area contributed by atoms with Gasteiger partial charge in [-0.3, -0.25) is 0 Å². The number of imidazole rings is 1. The molecule has 0 saturated carbocycles. The fourth-order valence-electron chi connectivity index (χ4n) is 2.30. The van der Waals surface area contributed by atoms with Crippen molar-refractivity contribution in [3.63, 3.8) is 0 Å². The standard InChI is InChI=1S/C19H16ClN3O2/c20-17-9-5-4-8-16(17)19(24)25-22-18(15-6-2-1-3-7-15)10-12-23-13-11-21-14-23/h1-9,11,13-14H,10,12H2/b22-18+. The summed E-state index contributed by atoms with van der Waals surface area (Å²) >= 11 is 6.02. The van der Waals surface area contributed by atoms with E-state index in [1.54, 1.807) is 36.8 Å². The van der Waals surface area contributed by atoms with Gasteiger partial charge in [-0.25, -0.2) is 9.78 Å². The Morgan fingerprint density at radius 2 is 1.88 bits per heavy atom. The minimum Gasteiger partial charge on any atom is -0.337 e. The molecule has 0 N–H and O–H groups in total. The normalized spacial score (nSPS) is 11.3. The predicted molar refractivity (Wildman–Crippen MR) is 96.7 cm³/mol. The second kappa shape index (κ2) is 8.26. The van der Waals surface area contributed by atoms with E-state index in [0.29, 0.717) is 23.7 Å². The molecule has 0 aliphatic heterocycles. The zero-order valence-corrected chi connectivity index (χ0v) is 14.1. The minimum absolute atomic E-state index is 0.287. The number of benzene rings is 2. The summed E-state index contributed by atoms with van der Waals surface area (Å²) in [5.41, 5.74) is 1.86. The third-order valence-corrected chi connectivity index (χ3v) is 3.94. The second-order valence-corrected chi connectivity index (χ2v) is 5.72. The highest BCUT2D eigenvalue weighted by Gasteiger charge is 2.12. The summed E-state index contributed by atoms with van der Waals surface area (Å²) in [5.74, 6) is -0.582. The fraction of sp³-hybridized carbons (Fsp3) is 0.105. The molecule has 0 aliphatic carbocycles. The van der Waals surface area contributed by atoms with E-state index < -0.39 is 5.97 Å². The maximum Gasteiger partial charge on any atom is 0.367 e. The molecule has 0 atom stereocenters. The second-order valence-electron chi connectivity index (χ2n) is 5.31. The quantitative estimate of drug-likeness (QED) is 0.379. The lowest BCUT2D eigenvalue weighted by atomic mass is 10.1. The van der Waals surface area contributed by atoms with Gasteiger partial charge < -0.3 is 9.40 Å². The van der Waals surface area contributed by atoms with Crippen LogP contribution in [0.25, 0.3) is 0 Å². The number of aryl methyl sites for hydroxylation is 1. The van der Waals surface area contributed by atoms with Crippen LogP contribution in [0.4, 0.5) is 0 Å². The Hall–Kier alpha value is -2.92. The van der Waals surface area contributed by atoms with Crippen molar-refractivity contribution >= 4 is 23.3 Å². The smallest absolute Gasteiger partial charge is 0.337 e. The maximum atomic E-state index is 12.2. The molecule has 0 spiro atoms. The third-order valence-electron chi connectivity index (χ3n) is 3.61. The number of carbonyl (C=O) groups excluding carboxylic acids is 1. The molecule has 6 heteroatoms. The van der Waals surface area contributed by atoms with Gasteiger partial charge >= 0.3 is 5.97 Å². The molecule has 0 radical (unpaired) electrons. The molecule has 3 aromatic rings. The van der Waals surface area contributed by atoms with Gasteiger partial charge in [0.25, 0.3) is 0 Å². The highest BCUT2D eigenvalue weighted by molar-refractivity contribution is 6.33. The molecular weight excluding hydrogens is 338 g/mol. The van der Waals surface area contributed by atoms with E-state index >= 15 is 0 Å².